The maximum absolute atomic E-state index is 12.0. The highest BCUT2D eigenvalue weighted by atomic mass is 16.5. The van der Waals surface area contributed by atoms with Crippen molar-refractivity contribution in [3.8, 4) is 0 Å². The first-order chi connectivity index (χ1) is 16.2. The summed E-state index contributed by atoms with van der Waals surface area (Å²) < 4.78 is 0. The van der Waals surface area contributed by atoms with E-state index in [0.29, 0.717) is 29.1 Å². The van der Waals surface area contributed by atoms with Gasteiger partial charge in [-0.15, -0.1) is 0 Å². The van der Waals surface area contributed by atoms with Crippen molar-refractivity contribution >= 4 is 11.9 Å². The SMILES string of the molecule is CC[C@@H](C)[C@H]1CCC2C3CCC4CC(O)(C(NCC(=O)O)C(=O)O)C(O)(O)C[C@]4(C)C3CC[C@@]21C. The van der Waals surface area contributed by atoms with E-state index in [4.69, 9.17) is 5.11 Å². The Balaban J connectivity index is 1.61. The molecule has 0 saturated heterocycles. The van der Waals surface area contributed by atoms with E-state index in [1.807, 2.05) is 0 Å². The van der Waals surface area contributed by atoms with Crippen LogP contribution in [0, 0.1) is 46.3 Å². The summed E-state index contributed by atoms with van der Waals surface area (Å²) >= 11 is 0. The Bertz CT molecular complexity index is 847. The van der Waals surface area contributed by atoms with E-state index in [1.54, 1.807) is 0 Å². The second kappa shape index (κ2) is 8.96. The van der Waals surface area contributed by atoms with Crippen LogP contribution < -0.4 is 5.32 Å². The van der Waals surface area contributed by atoms with Crippen LogP contribution >= 0.6 is 0 Å². The Morgan fingerprint density at radius 2 is 1.63 bits per heavy atom. The summed E-state index contributed by atoms with van der Waals surface area (Å²) in [7, 11) is 0. The molecule has 4 rings (SSSR count). The Labute approximate surface area is 208 Å². The molecular formula is C27H45NO7. The van der Waals surface area contributed by atoms with Crippen LogP contribution in [0.4, 0.5) is 0 Å². The van der Waals surface area contributed by atoms with Crippen LogP contribution in [0.25, 0.3) is 0 Å². The van der Waals surface area contributed by atoms with Crippen LogP contribution in [-0.2, 0) is 9.59 Å². The van der Waals surface area contributed by atoms with Crippen LogP contribution in [0.3, 0.4) is 0 Å². The summed E-state index contributed by atoms with van der Waals surface area (Å²) in [5, 5.41) is 55.0. The molecule has 8 nitrogen and oxygen atoms in total. The van der Waals surface area contributed by atoms with Crippen molar-refractivity contribution in [3.05, 3.63) is 0 Å². The summed E-state index contributed by atoms with van der Waals surface area (Å²) in [6, 6.07) is -1.79. The summed E-state index contributed by atoms with van der Waals surface area (Å²) in [4.78, 5) is 23.1. The molecule has 10 atom stereocenters. The van der Waals surface area contributed by atoms with Crippen molar-refractivity contribution in [1.29, 1.82) is 0 Å². The lowest BCUT2D eigenvalue weighted by molar-refractivity contribution is -0.337. The zero-order valence-corrected chi connectivity index (χ0v) is 21.7. The highest BCUT2D eigenvalue weighted by molar-refractivity contribution is 5.77. The Kier molecular flexibility index (Phi) is 6.87. The molecule has 0 spiro atoms. The predicted octanol–water partition coefficient (Wildman–Crippen LogP) is 2.84. The zero-order chi connectivity index (χ0) is 26.0. The lowest BCUT2D eigenvalue weighted by Crippen LogP contribution is -2.74. The molecule has 0 aliphatic heterocycles. The van der Waals surface area contributed by atoms with E-state index in [-0.39, 0.29) is 18.8 Å². The van der Waals surface area contributed by atoms with Crippen molar-refractivity contribution in [2.75, 3.05) is 6.54 Å². The van der Waals surface area contributed by atoms with Gasteiger partial charge in [0.2, 0.25) is 0 Å². The molecule has 4 fully saturated rings. The topological polar surface area (TPSA) is 147 Å². The van der Waals surface area contributed by atoms with Gasteiger partial charge in [0.15, 0.2) is 5.79 Å². The highest BCUT2D eigenvalue weighted by Crippen LogP contribution is 2.69. The number of carboxylic acids is 2. The second-order valence-electron chi connectivity index (χ2n) is 12.9. The Hall–Kier alpha value is -1.22. The van der Waals surface area contributed by atoms with E-state index < -0.39 is 41.3 Å². The molecule has 200 valence electrons. The molecule has 0 heterocycles. The summed E-state index contributed by atoms with van der Waals surface area (Å²) in [5.74, 6) is -2.63. The number of hydrogen-bond donors (Lipinski definition) is 6. The number of rotatable bonds is 7. The first-order valence-electron chi connectivity index (χ1n) is 13.6. The summed E-state index contributed by atoms with van der Waals surface area (Å²) in [6.45, 7) is 8.56. The number of carboxylic acid groups (broad SMARTS) is 2. The average Bonchev–Trinajstić information content (AvgIpc) is 3.11. The van der Waals surface area contributed by atoms with E-state index in [0.717, 1.165) is 31.6 Å². The third-order valence-corrected chi connectivity index (χ3v) is 11.5. The smallest absolute Gasteiger partial charge is 0.323 e. The monoisotopic (exact) mass is 495 g/mol. The average molecular weight is 496 g/mol. The number of aliphatic carboxylic acids is 2. The van der Waals surface area contributed by atoms with Crippen molar-refractivity contribution in [3.63, 3.8) is 0 Å². The highest BCUT2D eigenvalue weighted by Gasteiger charge is 2.69. The number of hydrogen-bond acceptors (Lipinski definition) is 6. The fourth-order valence-electron chi connectivity index (χ4n) is 9.63. The standard InChI is InChI=1S/C27H45NO7/c1-5-15(2)18-8-9-19-17-7-6-16-12-26(33,22(23(31)32)28-13-21(29)30)27(34,35)14-25(16,4)20(17)10-11-24(18,19)3/h15-20,22,28,33-35H,5-14H2,1-4H3,(H,29,30)(H,31,32)/t15-,16?,17?,18-,19?,20?,22?,24-,25+,26?/m1/s1. The first-order valence-corrected chi connectivity index (χ1v) is 13.6. The molecule has 0 bridgehead atoms. The molecule has 0 amide bonds. The summed E-state index contributed by atoms with van der Waals surface area (Å²) in [6.07, 6.45) is 7.45. The van der Waals surface area contributed by atoms with Crippen molar-refractivity contribution in [2.24, 2.45) is 46.3 Å². The molecule has 0 aromatic carbocycles. The number of carbonyl (C=O) groups is 2. The predicted molar refractivity (Wildman–Crippen MR) is 129 cm³/mol. The Morgan fingerprint density at radius 3 is 2.23 bits per heavy atom. The minimum Gasteiger partial charge on any atom is -0.480 e. The van der Waals surface area contributed by atoms with Gasteiger partial charge in [0.1, 0.15) is 11.6 Å². The van der Waals surface area contributed by atoms with E-state index >= 15 is 0 Å². The van der Waals surface area contributed by atoms with Crippen LogP contribution in [-0.4, -0.2) is 61.4 Å². The van der Waals surface area contributed by atoms with Gasteiger partial charge in [-0.25, -0.2) is 0 Å². The molecule has 0 aromatic heterocycles. The number of nitrogens with one attached hydrogen (secondary N) is 1. The van der Waals surface area contributed by atoms with Crippen molar-refractivity contribution in [1.82, 2.24) is 5.32 Å². The minimum absolute atomic E-state index is 0.0641. The first kappa shape index (κ1) is 26.8. The van der Waals surface area contributed by atoms with Gasteiger partial charge in [-0.3, -0.25) is 14.9 Å². The van der Waals surface area contributed by atoms with Crippen LogP contribution in [0.2, 0.25) is 0 Å². The molecular weight excluding hydrogens is 450 g/mol. The van der Waals surface area contributed by atoms with Crippen LogP contribution in [0.15, 0.2) is 0 Å². The minimum atomic E-state index is -2.65. The van der Waals surface area contributed by atoms with Crippen LogP contribution in [0.1, 0.15) is 85.5 Å². The molecule has 4 saturated carbocycles. The fraction of sp³-hybridized carbons (Fsp3) is 0.926. The largest absolute Gasteiger partial charge is 0.480 e. The normalized spacial score (nSPS) is 46.1. The molecule has 4 aliphatic carbocycles. The van der Waals surface area contributed by atoms with Gasteiger partial charge in [0.25, 0.3) is 0 Å². The van der Waals surface area contributed by atoms with Crippen molar-refractivity contribution < 1.29 is 35.1 Å². The molecule has 8 heteroatoms. The quantitative estimate of drug-likeness (QED) is 0.296. The second-order valence-corrected chi connectivity index (χ2v) is 12.9. The molecule has 35 heavy (non-hydrogen) atoms. The number of fused-ring (bicyclic) bond motifs is 5. The summed E-state index contributed by atoms with van der Waals surface area (Å²) in [5.41, 5.74) is -2.49. The van der Waals surface area contributed by atoms with Gasteiger partial charge in [0, 0.05) is 6.42 Å². The van der Waals surface area contributed by atoms with Gasteiger partial charge in [-0.1, -0.05) is 34.1 Å². The maximum atomic E-state index is 12.0. The zero-order valence-electron chi connectivity index (χ0n) is 21.7. The molecule has 6 N–H and O–H groups in total. The fourth-order valence-corrected chi connectivity index (χ4v) is 9.63. The third-order valence-electron chi connectivity index (χ3n) is 11.5. The molecule has 0 radical (unpaired) electrons. The van der Waals surface area contributed by atoms with Gasteiger partial charge >= 0.3 is 11.9 Å². The van der Waals surface area contributed by atoms with Crippen LogP contribution in [0.5, 0.6) is 0 Å². The van der Waals surface area contributed by atoms with Gasteiger partial charge < -0.3 is 25.5 Å². The van der Waals surface area contributed by atoms with E-state index in [2.05, 4.69) is 33.0 Å². The molecule has 0 aromatic rings. The third kappa shape index (κ3) is 4.03. The lowest BCUT2D eigenvalue weighted by atomic mass is 9.42. The van der Waals surface area contributed by atoms with Gasteiger partial charge in [-0.05, 0) is 91.3 Å². The molecule has 4 aliphatic rings. The maximum Gasteiger partial charge on any atom is 0.323 e. The number of aliphatic hydroxyl groups is 3. The van der Waals surface area contributed by atoms with Gasteiger partial charge in [0.05, 0.1) is 6.54 Å². The lowest BCUT2D eigenvalue weighted by Gasteiger charge is -2.64. The van der Waals surface area contributed by atoms with E-state index in [9.17, 15) is 30.0 Å². The molecule has 6 unspecified atom stereocenters. The van der Waals surface area contributed by atoms with Gasteiger partial charge in [-0.2, -0.15) is 0 Å². The Morgan fingerprint density at radius 1 is 0.971 bits per heavy atom. The van der Waals surface area contributed by atoms with E-state index in [1.165, 1.54) is 19.3 Å². The van der Waals surface area contributed by atoms with Crippen molar-refractivity contribution in [2.45, 2.75) is 103 Å².